The molecule has 5 heteroatoms. The Kier molecular flexibility index (Phi) is 3.82. The first-order valence-electron chi connectivity index (χ1n) is 6.18. The van der Waals surface area contributed by atoms with Gasteiger partial charge in [0, 0.05) is 25.5 Å². The third-order valence-corrected chi connectivity index (χ3v) is 2.93. The molecule has 0 spiro atoms. The molecule has 0 saturated carbocycles. The summed E-state index contributed by atoms with van der Waals surface area (Å²) in [7, 11) is 0. The van der Waals surface area contributed by atoms with Gasteiger partial charge in [-0.2, -0.15) is 5.10 Å². The van der Waals surface area contributed by atoms with Crippen molar-refractivity contribution in [3.8, 4) is 0 Å². The molecule has 0 aliphatic carbocycles. The molecule has 0 atom stereocenters. The SMILES string of the molecule is CCn1nc(C)c(N)c1NCCc1ccncc1. The zero-order valence-corrected chi connectivity index (χ0v) is 10.8. The van der Waals surface area contributed by atoms with Crippen molar-refractivity contribution >= 4 is 11.5 Å². The number of nitrogens with zero attached hydrogens (tertiary/aromatic N) is 3. The third-order valence-electron chi connectivity index (χ3n) is 2.93. The standard InChI is InChI=1S/C13H19N5/c1-3-18-13(12(14)10(2)17-18)16-9-6-11-4-7-15-8-5-11/h4-5,7-8,16H,3,6,9,14H2,1-2H3. The fourth-order valence-electron chi connectivity index (χ4n) is 1.89. The smallest absolute Gasteiger partial charge is 0.148 e. The second kappa shape index (κ2) is 5.53. The molecule has 2 rings (SSSR count). The molecule has 0 amide bonds. The maximum absolute atomic E-state index is 6.00. The minimum absolute atomic E-state index is 0.742. The summed E-state index contributed by atoms with van der Waals surface area (Å²) in [6.45, 7) is 5.63. The summed E-state index contributed by atoms with van der Waals surface area (Å²) in [6.07, 6.45) is 4.56. The van der Waals surface area contributed by atoms with Crippen molar-refractivity contribution in [2.75, 3.05) is 17.6 Å². The highest BCUT2D eigenvalue weighted by Gasteiger charge is 2.10. The Morgan fingerprint density at radius 1 is 1.33 bits per heavy atom. The van der Waals surface area contributed by atoms with Crippen LogP contribution in [0, 0.1) is 6.92 Å². The number of nitrogens with one attached hydrogen (secondary N) is 1. The first kappa shape index (κ1) is 12.4. The summed E-state index contributed by atoms with van der Waals surface area (Å²) in [5, 5.41) is 7.73. The molecule has 2 heterocycles. The molecule has 0 saturated heterocycles. The van der Waals surface area contributed by atoms with Gasteiger partial charge in [-0.25, -0.2) is 4.68 Å². The van der Waals surface area contributed by atoms with Gasteiger partial charge in [-0.05, 0) is 38.0 Å². The Labute approximate surface area is 107 Å². The molecule has 18 heavy (non-hydrogen) atoms. The summed E-state index contributed by atoms with van der Waals surface area (Å²) in [4.78, 5) is 4.00. The van der Waals surface area contributed by atoms with E-state index in [2.05, 4.69) is 22.3 Å². The quantitative estimate of drug-likeness (QED) is 0.843. The van der Waals surface area contributed by atoms with Crippen LogP contribution in [0.5, 0.6) is 0 Å². The average Bonchev–Trinajstić information content (AvgIpc) is 2.67. The highest BCUT2D eigenvalue weighted by molar-refractivity contribution is 5.64. The number of rotatable bonds is 5. The fourth-order valence-corrected chi connectivity index (χ4v) is 1.89. The molecule has 0 aliphatic heterocycles. The van der Waals surface area contributed by atoms with Gasteiger partial charge in [-0.1, -0.05) is 0 Å². The van der Waals surface area contributed by atoms with Gasteiger partial charge < -0.3 is 11.1 Å². The van der Waals surface area contributed by atoms with E-state index in [4.69, 9.17) is 5.73 Å². The van der Waals surface area contributed by atoms with Gasteiger partial charge in [0.25, 0.3) is 0 Å². The van der Waals surface area contributed by atoms with Crippen LogP contribution in [0.2, 0.25) is 0 Å². The number of nitrogens with two attached hydrogens (primary N) is 1. The second-order valence-electron chi connectivity index (χ2n) is 4.20. The highest BCUT2D eigenvalue weighted by atomic mass is 15.3. The van der Waals surface area contributed by atoms with Gasteiger partial charge in [0.05, 0.1) is 11.4 Å². The van der Waals surface area contributed by atoms with Crippen molar-refractivity contribution in [3.05, 3.63) is 35.8 Å². The average molecular weight is 245 g/mol. The van der Waals surface area contributed by atoms with Gasteiger partial charge in [0.15, 0.2) is 0 Å². The number of anilines is 2. The Balaban J connectivity index is 1.98. The van der Waals surface area contributed by atoms with E-state index in [1.165, 1.54) is 5.56 Å². The van der Waals surface area contributed by atoms with Gasteiger partial charge in [-0.15, -0.1) is 0 Å². The van der Waals surface area contributed by atoms with Gasteiger partial charge >= 0.3 is 0 Å². The van der Waals surface area contributed by atoms with Crippen molar-refractivity contribution in [1.29, 1.82) is 0 Å². The number of hydrogen-bond acceptors (Lipinski definition) is 4. The van der Waals surface area contributed by atoms with E-state index in [1.54, 1.807) is 0 Å². The Morgan fingerprint density at radius 3 is 2.72 bits per heavy atom. The van der Waals surface area contributed by atoms with Crippen LogP contribution in [0.25, 0.3) is 0 Å². The van der Waals surface area contributed by atoms with Crippen molar-refractivity contribution in [2.24, 2.45) is 0 Å². The van der Waals surface area contributed by atoms with Crippen molar-refractivity contribution < 1.29 is 0 Å². The molecule has 0 fully saturated rings. The normalized spacial score (nSPS) is 10.6. The summed E-state index contributed by atoms with van der Waals surface area (Å²) < 4.78 is 1.90. The molecular formula is C13H19N5. The molecule has 2 aromatic heterocycles. The Hall–Kier alpha value is -2.04. The minimum atomic E-state index is 0.742. The molecule has 0 unspecified atom stereocenters. The molecule has 3 N–H and O–H groups in total. The molecule has 0 aromatic carbocycles. The monoisotopic (exact) mass is 245 g/mol. The van der Waals surface area contributed by atoms with Crippen LogP contribution < -0.4 is 11.1 Å². The number of pyridine rings is 1. The van der Waals surface area contributed by atoms with E-state index in [1.807, 2.05) is 36.1 Å². The van der Waals surface area contributed by atoms with Crippen LogP contribution in [-0.2, 0) is 13.0 Å². The maximum Gasteiger partial charge on any atom is 0.148 e. The zero-order chi connectivity index (χ0) is 13.0. The van der Waals surface area contributed by atoms with Gasteiger partial charge in [0.1, 0.15) is 5.82 Å². The lowest BCUT2D eigenvalue weighted by molar-refractivity contribution is 0.657. The predicted molar refractivity (Wildman–Crippen MR) is 73.5 cm³/mol. The second-order valence-corrected chi connectivity index (χ2v) is 4.20. The van der Waals surface area contributed by atoms with Gasteiger partial charge in [-0.3, -0.25) is 4.98 Å². The molecule has 0 bridgehead atoms. The lowest BCUT2D eigenvalue weighted by Gasteiger charge is -2.09. The number of nitrogen functional groups attached to an aromatic ring is 1. The van der Waals surface area contributed by atoms with Crippen molar-refractivity contribution in [1.82, 2.24) is 14.8 Å². The summed E-state index contributed by atoms with van der Waals surface area (Å²) in [6, 6.07) is 4.04. The molecule has 2 aromatic rings. The number of hydrogen-bond donors (Lipinski definition) is 2. The lowest BCUT2D eigenvalue weighted by Crippen LogP contribution is -2.11. The van der Waals surface area contributed by atoms with Crippen LogP contribution in [0.15, 0.2) is 24.5 Å². The predicted octanol–water partition coefficient (Wildman–Crippen LogP) is 1.84. The van der Waals surface area contributed by atoms with E-state index in [0.29, 0.717) is 0 Å². The first-order valence-corrected chi connectivity index (χ1v) is 6.18. The molecule has 5 nitrogen and oxygen atoms in total. The molecular weight excluding hydrogens is 226 g/mol. The fraction of sp³-hybridized carbons (Fsp3) is 0.385. The molecule has 0 radical (unpaired) electrons. The topological polar surface area (TPSA) is 68.8 Å². The maximum atomic E-state index is 6.00. The Morgan fingerprint density at radius 2 is 2.06 bits per heavy atom. The summed E-state index contributed by atoms with van der Waals surface area (Å²) >= 11 is 0. The molecule has 0 aliphatic rings. The highest BCUT2D eigenvalue weighted by Crippen LogP contribution is 2.21. The van der Waals surface area contributed by atoms with E-state index < -0.39 is 0 Å². The van der Waals surface area contributed by atoms with Crippen LogP contribution in [0.4, 0.5) is 11.5 Å². The number of aromatic nitrogens is 3. The van der Waals surface area contributed by atoms with E-state index in [9.17, 15) is 0 Å². The first-order chi connectivity index (χ1) is 8.72. The van der Waals surface area contributed by atoms with E-state index in [0.717, 1.165) is 36.7 Å². The zero-order valence-electron chi connectivity index (χ0n) is 10.8. The largest absolute Gasteiger partial charge is 0.394 e. The lowest BCUT2D eigenvalue weighted by atomic mass is 10.2. The minimum Gasteiger partial charge on any atom is -0.394 e. The number of aryl methyl sites for hydroxylation is 2. The summed E-state index contributed by atoms with van der Waals surface area (Å²) in [5.74, 6) is 0.920. The van der Waals surface area contributed by atoms with Crippen LogP contribution in [0.1, 0.15) is 18.2 Å². The van der Waals surface area contributed by atoms with E-state index >= 15 is 0 Å². The van der Waals surface area contributed by atoms with E-state index in [-0.39, 0.29) is 0 Å². The third kappa shape index (κ3) is 2.61. The molecule has 96 valence electrons. The van der Waals surface area contributed by atoms with Crippen LogP contribution in [0.3, 0.4) is 0 Å². The summed E-state index contributed by atoms with van der Waals surface area (Å²) in [5.41, 5.74) is 8.88. The van der Waals surface area contributed by atoms with Gasteiger partial charge in [0.2, 0.25) is 0 Å². The van der Waals surface area contributed by atoms with Crippen LogP contribution >= 0.6 is 0 Å². The van der Waals surface area contributed by atoms with Crippen molar-refractivity contribution in [3.63, 3.8) is 0 Å². The van der Waals surface area contributed by atoms with Crippen molar-refractivity contribution in [2.45, 2.75) is 26.8 Å². The Bertz CT molecular complexity index is 504. The van der Waals surface area contributed by atoms with Crippen LogP contribution in [-0.4, -0.2) is 21.3 Å².